The molecule has 0 amide bonds. The minimum Gasteiger partial charge on any atom is -0.459 e. The number of ether oxygens (including phenoxy) is 1. The van der Waals surface area contributed by atoms with Gasteiger partial charge in [0.25, 0.3) is 5.89 Å². The lowest BCUT2D eigenvalue weighted by Gasteiger charge is -2.01. The maximum Gasteiger partial charge on any atom is 0.321 e. The van der Waals surface area contributed by atoms with E-state index >= 15 is 0 Å². The molecule has 22 heavy (non-hydrogen) atoms. The molecule has 0 spiro atoms. The summed E-state index contributed by atoms with van der Waals surface area (Å²) >= 11 is 0. The van der Waals surface area contributed by atoms with Crippen LogP contribution in [0.2, 0.25) is 0 Å². The van der Waals surface area contributed by atoms with Gasteiger partial charge in [0.1, 0.15) is 18.1 Å². The molecule has 0 aliphatic heterocycles. The Morgan fingerprint density at radius 1 is 1.18 bits per heavy atom. The third-order valence-electron chi connectivity index (χ3n) is 3.25. The predicted octanol–water partition coefficient (Wildman–Crippen LogP) is 2.86. The van der Waals surface area contributed by atoms with Crippen LogP contribution in [0.1, 0.15) is 11.5 Å². The van der Waals surface area contributed by atoms with Crippen LogP contribution in [0.4, 0.5) is 0 Å². The Hall–Kier alpha value is -3.09. The number of hydrogen-bond acceptors (Lipinski definition) is 6. The van der Waals surface area contributed by atoms with Crippen molar-refractivity contribution in [2.45, 2.75) is 13.5 Å². The van der Waals surface area contributed by atoms with Gasteiger partial charge in [0, 0.05) is 6.20 Å². The van der Waals surface area contributed by atoms with E-state index in [2.05, 4.69) is 15.2 Å². The SMILES string of the molecule is Cc1oc(-c2ccco2)nc1COc1nnc2ccccn12. The molecule has 0 fully saturated rings. The molecular formula is C15H12N4O3. The van der Waals surface area contributed by atoms with Gasteiger partial charge < -0.3 is 13.6 Å². The molecule has 0 aliphatic carbocycles. The molecule has 0 radical (unpaired) electrons. The highest BCUT2D eigenvalue weighted by atomic mass is 16.5. The van der Waals surface area contributed by atoms with Gasteiger partial charge in [-0.2, -0.15) is 0 Å². The van der Waals surface area contributed by atoms with E-state index < -0.39 is 0 Å². The van der Waals surface area contributed by atoms with Crippen LogP contribution in [0.5, 0.6) is 6.01 Å². The first kappa shape index (κ1) is 12.6. The lowest BCUT2D eigenvalue weighted by atomic mass is 10.4. The lowest BCUT2D eigenvalue weighted by Crippen LogP contribution is -2.00. The van der Waals surface area contributed by atoms with Gasteiger partial charge in [-0.3, -0.25) is 4.40 Å². The minimum absolute atomic E-state index is 0.242. The van der Waals surface area contributed by atoms with Gasteiger partial charge in [0.2, 0.25) is 0 Å². The third kappa shape index (κ3) is 2.12. The molecule has 7 heteroatoms. The highest BCUT2D eigenvalue weighted by Crippen LogP contribution is 2.22. The number of aryl methyl sites for hydroxylation is 1. The second-order valence-electron chi connectivity index (χ2n) is 4.70. The van der Waals surface area contributed by atoms with Gasteiger partial charge in [-0.1, -0.05) is 11.2 Å². The average Bonchev–Trinajstić information content (AvgIpc) is 3.25. The first-order valence-corrected chi connectivity index (χ1v) is 6.74. The molecule has 0 bridgehead atoms. The van der Waals surface area contributed by atoms with Crippen LogP contribution in [0, 0.1) is 6.92 Å². The zero-order valence-corrected chi connectivity index (χ0v) is 11.8. The molecule has 0 atom stereocenters. The van der Waals surface area contributed by atoms with Crippen molar-refractivity contribution in [3.63, 3.8) is 0 Å². The Balaban J connectivity index is 1.57. The summed E-state index contributed by atoms with van der Waals surface area (Å²) in [5.41, 5.74) is 1.42. The highest BCUT2D eigenvalue weighted by molar-refractivity contribution is 5.44. The summed E-state index contributed by atoms with van der Waals surface area (Å²) in [6.07, 6.45) is 3.42. The van der Waals surface area contributed by atoms with Crippen LogP contribution in [0.15, 0.2) is 51.6 Å². The smallest absolute Gasteiger partial charge is 0.321 e. The van der Waals surface area contributed by atoms with Gasteiger partial charge in [0.05, 0.1) is 6.26 Å². The fourth-order valence-electron chi connectivity index (χ4n) is 2.12. The third-order valence-corrected chi connectivity index (χ3v) is 3.25. The number of rotatable bonds is 4. The lowest BCUT2D eigenvalue weighted by molar-refractivity contribution is 0.272. The topological polar surface area (TPSA) is 78.6 Å². The quantitative estimate of drug-likeness (QED) is 0.576. The van der Waals surface area contributed by atoms with Gasteiger partial charge in [-0.05, 0) is 31.2 Å². The Kier molecular flexibility index (Phi) is 2.89. The van der Waals surface area contributed by atoms with Crippen LogP contribution >= 0.6 is 0 Å². The number of pyridine rings is 1. The summed E-state index contributed by atoms with van der Waals surface area (Å²) < 4.78 is 18.3. The normalized spacial score (nSPS) is 11.1. The van der Waals surface area contributed by atoms with E-state index in [1.807, 2.05) is 31.3 Å². The average molecular weight is 296 g/mol. The zero-order valence-electron chi connectivity index (χ0n) is 11.8. The Morgan fingerprint density at radius 3 is 3.00 bits per heavy atom. The Bertz CT molecular complexity index is 908. The highest BCUT2D eigenvalue weighted by Gasteiger charge is 2.15. The van der Waals surface area contributed by atoms with E-state index in [-0.39, 0.29) is 6.61 Å². The molecule has 110 valence electrons. The minimum atomic E-state index is 0.242. The molecule has 0 N–H and O–H groups in total. The monoisotopic (exact) mass is 296 g/mol. The number of furan rings is 1. The fourth-order valence-corrected chi connectivity index (χ4v) is 2.12. The first-order chi connectivity index (χ1) is 10.8. The van der Waals surface area contributed by atoms with Crippen LogP contribution in [-0.2, 0) is 6.61 Å². The van der Waals surface area contributed by atoms with Crippen molar-refractivity contribution < 1.29 is 13.6 Å². The molecule has 0 saturated heterocycles. The summed E-state index contributed by atoms with van der Waals surface area (Å²) in [5.74, 6) is 1.70. The van der Waals surface area contributed by atoms with Crippen molar-refractivity contribution in [1.29, 1.82) is 0 Å². The van der Waals surface area contributed by atoms with E-state index in [1.165, 1.54) is 0 Å². The van der Waals surface area contributed by atoms with Crippen molar-refractivity contribution in [2.24, 2.45) is 0 Å². The van der Waals surface area contributed by atoms with Crippen molar-refractivity contribution in [2.75, 3.05) is 0 Å². The van der Waals surface area contributed by atoms with Gasteiger partial charge in [-0.25, -0.2) is 4.98 Å². The van der Waals surface area contributed by atoms with E-state index in [0.29, 0.717) is 29.1 Å². The number of fused-ring (bicyclic) bond motifs is 1. The fraction of sp³-hybridized carbons (Fsp3) is 0.133. The number of aromatic nitrogens is 4. The standard InChI is InChI=1S/C15H12N4O3/c1-10-11(16-14(22-10)12-5-4-8-20-12)9-21-15-18-17-13-6-2-3-7-19(13)15/h2-8H,9H2,1H3. The molecule has 0 unspecified atom stereocenters. The number of nitrogens with zero attached hydrogens (tertiary/aromatic N) is 4. The van der Waals surface area contributed by atoms with Crippen LogP contribution < -0.4 is 4.74 Å². The summed E-state index contributed by atoms with van der Waals surface area (Å²) in [6, 6.07) is 9.63. The molecular weight excluding hydrogens is 284 g/mol. The summed E-state index contributed by atoms with van der Waals surface area (Å²) in [7, 11) is 0. The maximum atomic E-state index is 5.69. The van der Waals surface area contributed by atoms with E-state index in [1.54, 1.807) is 22.8 Å². The molecule has 7 nitrogen and oxygen atoms in total. The summed E-state index contributed by atoms with van der Waals surface area (Å²) in [6.45, 7) is 2.08. The van der Waals surface area contributed by atoms with Crippen molar-refractivity contribution in [1.82, 2.24) is 19.6 Å². The molecule has 0 aromatic carbocycles. The maximum absolute atomic E-state index is 5.69. The van der Waals surface area contributed by atoms with Gasteiger partial charge in [-0.15, -0.1) is 5.10 Å². The van der Waals surface area contributed by atoms with Crippen LogP contribution in [-0.4, -0.2) is 19.6 Å². The first-order valence-electron chi connectivity index (χ1n) is 6.74. The van der Waals surface area contributed by atoms with Crippen molar-refractivity contribution >= 4 is 5.65 Å². The second-order valence-corrected chi connectivity index (χ2v) is 4.70. The molecule has 0 saturated carbocycles. The number of oxazole rings is 1. The summed E-state index contributed by atoms with van der Waals surface area (Å²) in [5, 5.41) is 8.04. The molecule has 4 heterocycles. The second kappa shape index (κ2) is 5.03. The Labute approximate surface area is 125 Å². The van der Waals surface area contributed by atoms with Crippen molar-refractivity contribution in [3.05, 3.63) is 54.2 Å². The Morgan fingerprint density at radius 2 is 2.14 bits per heavy atom. The van der Waals surface area contributed by atoms with E-state index in [4.69, 9.17) is 13.6 Å². The zero-order chi connectivity index (χ0) is 14.9. The van der Waals surface area contributed by atoms with E-state index in [0.717, 1.165) is 5.65 Å². The van der Waals surface area contributed by atoms with Crippen LogP contribution in [0.3, 0.4) is 0 Å². The molecule has 4 rings (SSSR count). The van der Waals surface area contributed by atoms with Gasteiger partial charge >= 0.3 is 6.01 Å². The van der Waals surface area contributed by atoms with Gasteiger partial charge in [0.15, 0.2) is 11.4 Å². The van der Waals surface area contributed by atoms with Crippen LogP contribution in [0.25, 0.3) is 17.3 Å². The summed E-state index contributed by atoms with van der Waals surface area (Å²) in [4.78, 5) is 4.39. The van der Waals surface area contributed by atoms with E-state index in [9.17, 15) is 0 Å². The predicted molar refractivity (Wildman–Crippen MR) is 76.3 cm³/mol. The number of hydrogen-bond donors (Lipinski definition) is 0. The molecule has 0 aliphatic rings. The largest absolute Gasteiger partial charge is 0.459 e. The van der Waals surface area contributed by atoms with Crippen molar-refractivity contribution in [3.8, 4) is 17.7 Å². The molecule has 4 aromatic heterocycles. The molecule has 4 aromatic rings.